The number of para-hydroxylation sites is 1. The van der Waals surface area contributed by atoms with E-state index in [4.69, 9.17) is 9.47 Å². The molecule has 2 aromatic carbocycles. The Hall–Kier alpha value is -2.75. The molecule has 1 N–H and O–H groups in total. The Morgan fingerprint density at radius 1 is 1.04 bits per heavy atom. The molecule has 0 aliphatic carbocycles. The molecule has 0 radical (unpaired) electrons. The lowest BCUT2D eigenvalue weighted by atomic mass is 10.2. The molecule has 0 saturated heterocycles. The summed E-state index contributed by atoms with van der Waals surface area (Å²) < 4.78 is 11.0. The normalized spacial score (nSPS) is 10.7. The Morgan fingerprint density at radius 2 is 1.81 bits per heavy atom. The molecule has 0 fully saturated rings. The third-order valence-electron chi connectivity index (χ3n) is 3.94. The second-order valence-corrected chi connectivity index (χ2v) is 6.00. The number of methoxy groups -OCH3 is 1. The molecule has 0 unspecified atom stereocenters. The van der Waals surface area contributed by atoms with Crippen LogP contribution in [0.1, 0.15) is 38.2 Å². The zero-order chi connectivity index (χ0) is 18.6. The summed E-state index contributed by atoms with van der Waals surface area (Å²) in [6.07, 6.45) is 7.97. The van der Waals surface area contributed by atoms with Crippen LogP contribution in [0.5, 0.6) is 11.5 Å². The molecule has 4 heteroatoms. The van der Waals surface area contributed by atoms with E-state index in [-0.39, 0.29) is 5.91 Å². The number of hydrogen-bond donors (Lipinski definition) is 1. The molecule has 0 aromatic heterocycles. The Kier molecular flexibility index (Phi) is 8.27. The molecule has 4 nitrogen and oxygen atoms in total. The van der Waals surface area contributed by atoms with Gasteiger partial charge in [-0.15, -0.1) is 0 Å². The van der Waals surface area contributed by atoms with E-state index in [1.807, 2.05) is 48.5 Å². The summed E-state index contributed by atoms with van der Waals surface area (Å²) in [4.78, 5) is 12.1. The number of anilines is 1. The minimum Gasteiger partial charge on any atom is -0.496 e. The van der Waals surface area contributed by atoms with Crippen LogP contribution >= 0.6 is 0 Å². The molecule has 0 bridgehead atoms. The summed E-state index contributed by atoms with van der Waals surface area (Å²) in [6, 6.07) is 15.0. The van der Waals surface area contributed by atoms with Gasteiger partial charge in [0.15, 0.2) is 0 Å². The van der Waals surface area contributed by atoms with Crippen molar-refractivity contribution in [1.29, 1.82) is 0 Å². The Bertz CT molecular complexity index is 708. The van der Waals surface area contributed by atoms with E-state index >= 15 is 0 Å². The highest BCUT2D eigenvalue weighted by atomic mass is 16.5. The number of carbonyl (C=O) groups is 1. The van der Waals surface area contributed by atoms with Gasteiger partial charge in [0.1, 0.15) is 11.5 Å². The molecule has 0 aliphatic heterocycles. The van der Waals surface area contributed by atoms with Crippen molar-refractivity contribution in [3.05, 3.63) is 60.2 Å². The monoisotopic (exact) mass is 353 g/mol. The average Bonchev–Trinajstić information content (AvgIpc) is 2.67. The summed E-state index contributed by atoms with van der Waals surface area (Å²) in [5.74, 6) is 1.37. The maximum Gasteiger partial charge on any atom is 0.248 e. The molecule has 0 aliphatic rings. The number of benzene rings is 2. The van der Waals surface area contributed by atoms with Gasteiger partial charge in [-0.2, -0.15) is 0 Å². The lowest BCUT2D eigenvalue weighted by Crippen LogP contribution is -2.07. The fourth-order valence-corrected chi connectivity index (χ4v) is 2.51. The molecule has 138 valence electrons. The average molecular weight is 353 g/mol. The maximum absolute atomic E-state index is 12.1. The van der Waals surface area contributed by atoms with Crippen LogP contribution in [0.25, 0.3) is 6.08 Å². The van der Waals surface area contributed by atoms with Gasteiger partial charge in [0.25, 0.3) is 0 Å². The van der Waals surface area contributed by atoms with E-state index in [9.17, 15) is 4.79 Å². The minimum absolute atomic E-state index is 0.191. The van der Waals surface area contributed by atoms with Gasteiger partial charge in [-0.05, 0) is 42.8 Å². The summed E-state index contributed by atoms with van der Waals surface area (Å²) in [7, 11) is 1.61. The van der Waals surface area contributed by atoms with Crippen LogP contribution in [-0.4, -0.2) is 19.6 Å². The zero-order valence-corrected chi connectivity index (χ0v) is 15.5. The molecule has 26 heavy (non-hydrogen) atoms. The van der Waals surface area contributed by atoms with Crippen molar-refractivity contribution in [2.75, 3.05) is 19.0 Å². The van der Waals surface area contributed by atoms with Crippen LogP contribution < -0.4 is 14.8 Å². The van der Waals surface area contributed by atoms with Crippen molar-refractivity contribution in [2.24, 2.45) is 0 Å². The van der Waals surface area contributed by atoms with Crippen LogP contribution in [0.15, 0.2) is 54.6 Å². The van der Waals surface area contributed by atoms with Crippen molar-refractivity contribution >= 4 is 17.7 Å². The Morgan fingerprint density at radius 3 is 2.54 bits per heavy atom. The van der Waals surface area contributed by atoms with Gasteiger partial charge in [0, 0.05) is 17.3 Å². The van der Waals surface area contributed by atoms with E-state index in [2.05, 4.69) is 12.2 Å². The first-order valence-electron chi connectivity index (χ1n) is 9.08. The lowest BCUT2D eigenvalue weighted by Gasteiger charge is -2.07. The third-order valence-corrected chi connectivity index (χ3v) is 3.94. The van der Waals surface area contributed by atoms with E-state index in [0.717, 1.165) is 35.8 Å². The number of ether oxygens (including phenoxy) is 2. The van der Waals surface area contributed by atoms with Gasteiger partial charge in [0.05, 0.1) is 13.7 Å². The van der Waals surface area contributed by atoms with Crippen molar-refractivity contribution in [2.45, 2.75) is 32.6 Å². The summed E-state index contributed by atoms with van der Waals surface area (Å²) in [5.41, 5.74) is 1.59. The Balaban J connectivity index is 1.82. The number of rotatable bonds is 10. The van der Waals surface area contributed by atoms with Gasteiger partial charge in [-0.25, -0.2) is 0 Å². The highest BCUT2D eigenvalue weighted by Gasteiger charge is 2.01. The van der Waals surface area contributed by atoms with Crippen LogP contribution in [0.4, 0.5) is 5.69 Å². The van der Waals surface area contributed by atoms with E-state index in [1.165, 1.54) is 25.3 Å². The number of nitrogens with one attached hydrogen (secondary N) is 1. The first-order chi connectivity index (χ1) is 12.7. The van der Waals surface area contributed by atoms with Crippen molar-refractivity contribution in [3.8, 4) is 11.5 Å². The summed E-state index contributed by atoms with van der Waals surface area (Å²) >= 11 is 0. The molecule has 0 spiro atoms. The number of amides is 1. The first-order valence-corrected chi connectivity index (χ1v) is 9.08. The largest absolute Gasteiger partial charge is 0.496 e. The maximum atomic E-state index is 12.1. The first kappa shape index (κ1) is 19.6. The fraction of sp³-hybridized carbons (Fsp3) is 0.318. The van der Waals surface area contributed by atoms with E-state index in [1.54, 1.807) is 13.2 Å². The predicted molar refractivity (Wildman–Crippen MR) is 107 cm³/mol. The van der Waals surface area contributed by atoms with Gasteiger partial charge in [-0.1, -0.05) is 44.4 Å². The molecule has 0 atom stereocenters. The zero-order valence-electron chi connectivity index (χ0n) is 15.5. The van der Waals surface area contributed by atoms with Crippen LogP contribution in [0, 0.1) is 0 Å². The van der Waals surface area contributed by atoms with Crippen molar-refractivity contribution < 1.29 is 14.3 Å². The fourth-order valence-electron chi connectivity index (χ4n) is 2.51. The number of unbranched alkanes of at least 4 members (excludes halogenated alkanes) is 3. The predicted octanol–water partition coefficient (Wildman–Crippen LogP) is 5.31. The molecule has 1 amide bonds. The second kappa shape index (κ2) is 11.0. The topological polar surface area (TPSA) is 47.6 Å². The highest BCUT2D eigenvalue weighted by Crippen LogP contribution is 2.19. The van der Waals surface area contributed by atoms with E-state index < -0.39 is 0 Å². The van der Waals surface area contributed by atoms with Gasteiger partial charge in [-0.3, -0.25) is 4.79 Å². The standard InChI is InChI=1S/C22H27NO3/c1-3-4-5-8-17-26-20-14-12-19(13-15-20)23-22(24)16-11-18-9-6-7-10-21(18)25-2/h6-7,9-16H,3-5,8,17H2,1-2H3,(H,23,24). The molecule has 0 heterocycles. The third kappa shape index (κ3) is 6.63. The SMILES string of the molecule is CCCCCCOc1ccc(NC(=O)C=Cc2ccccc2OC)cc1. The number of carbonyl (C=O) groups excluding carboxylic acids is 1. The molecular weight excluding hydrogens is 326 g/mol. The Labute approximate surface area is 155 Å². The van der Waals surface area contributed by atoms with Gasteiger partial charge >= 0.3 is 0 Å². The van der Waals surface area contributed by atoms with Gasteiger partial charge < -0.3 is 14.8 Å². The van der Waals surface area contributed by atoms with E-state index in [0.29, 0.717) is 0 Å². The molecule has 0 saturated carbocycles. The highest BCUT2D eigenvalue weighted by molar-refractivity contribution is 6.02. The van der Waals surface area contributed by atoms with Gasteiger partial charge in [0.2, 0.25) is 5.91 Å². The minimum atomic E-state index is -0.191. The second-order valence-electron chi connectivity index (χ2n) is 6.00. The van der Waals surface area contributed by atoms with Crippen LogP contribution in [-0.2, 0) is 4.79 Å². The number of hydrogen-bond acceptors (Lipinski definition) is 3. The van der Waals surface area contributed by atoms with Crippen LogP contribution in [0.3, 0.4) is 0 Å². The molecule has 2 aromatic rings. The molecule has 2 rings (SSSR count). The smallest absolute Gasteiger partial charge is 0.248 e. The van der Waals surface area contributed by atoms with Crippen LogP contribution in [0.2, 0.25) is 0 Å². The van der Waals surface area contributed by atoms with Crippen molar-refractivity contribution in [1.82, 2.24) is 0 Å². The quantitative estimate of drug-likeness (QED) is 0.465. The summed E-state index contributed by atoms with van der Waals surface area (Å²) in [5, 5.41) is 2.84. The lowest BCUT2D eigenvalue weighted by molar-refractivity contribution is -0.111. The molecular formula is C22H27NO3. The summed E-state index contributed by atoms with van der Waals surface area (Å²) in [6.45, 7) is 2.92. The van der Waals surface area contributed by atoms with Crippen molar-refractivity contribution in [3.63, 3.8) is 0 Å².